The third kappa shape index (κ3) is 3.56. The molecule has 0 aliphatic carbocycles. The summed E-state index contributed by atoms with van der Waals surface area (Å²) in [5.74, 6) is -1.18. The number of aromatic nitrogens is 2. The molecule has 0 saturated heterocycles. The van der Waals surface area contributed by atoms with Gasteiger partial charge in [-0.15, -0.1) is 0 Å². The van der Waals surface area contributed by atoms with Crippen LogP contribution in [0.1, 0.15) is 20.8 Å². The number of ether oxygens (including phenoxy) is 2. The summed E-state index contributed by atoms with van der Waals surface area (Å²) >= 11 is 0. The average Bonchev–Trinajstić information content (AvgIpc) is 3.09. The van der Waals surface area contributed by atoms with E-state index in [1.165, 1.54) is 37.1 Å². The molecule has 0 spiro atoms. The first-order chi connectivity index (χ1) is 13.4. The van der Waals surface area contributed by atoms with Gasteiger partial charge in [-0.05, 0) is 40.3 Å². The fourth-order valence-electron chi connectivity index (χ4n) is 2.49. The molecule has 144 valence electrons. The summed E-state index contributed by atoms with van der Waals surface area (Å²) in [4.78, 5) is 35.8. The molecule has 1 heterocycles. The van der Waals surface area contributed by atoms with Crippen molar-refractivity contribution in [3.63, 3.8) is 0 Å². The van der Waals surface area contributed by atoms with Gasteiger partial charge in [-0.25, -0.2) is 9.59 Å². The van der Waals surface area contributed by atoms with E-state index in [0.717, 1.165) is 0 Å². The number of hydrogen-bond acceptors (Lipinski definition) is 6. The summed E-state index contributed by atoms with van der Waals surface area (Å²) in [6.45, 7) is 0. The van der Waals surface area contributed by atoms with E-state index in [1.807, 2.05) is 0 Å². The number of carbonyl (C=O) groups is 2. The summed E-state index contributed by atoms with van der Waals surface area (Å²) in [5.41, 5.74) is -0.544. The van der Waals surface area contributed by atoms with Crippen LogP contribution in [0.4, 0.5) is 5.69 Å². The van der Waals surface area contributed by atoms with Crippen LogP contribution in [0.25, 0.3) is 5.69 Å². The Morgan fingerprint density at radius 2 is 1.82 bits per heavy atom. The SMILES string of the molecule is COc1ccc(-[n+]2[nH]oc(=O)c2C(=O)Nc2ccc(C(=O)O)cc2OC)cc1. The fraction of sp³-hybridized carbons (Fsp3) is 0.111. The third-order valence-corrected chi connectivity index (χ3v) is 3.89. The maximum atomic E-state index is 12.7. The van der Waals surface area contributed by atoms with E-state index in [0.29, 0.717) is 11.4 Å². The van der Waals surface area contributed by atoms with Crippen LogP contribution in [0.3, 0.4) is 0 Å². The van der Waals surface area contributed by atoms with Gasteiger partial charge in [0.2, 0.25) is 5.69 Å². The van der Waals surface area contributed by atoms with Crippen LogP contribution in [0.5, 0.6) is 11.5 Å². The van der Waals surface area contributed by atoms with Crippen LogP contribution in [0.2, 0.25) is 0 Å². The number of amides is 1. The largest absolute Gasteiger partial charge is 0.497 e. The van der Waals surface area contributed by atoms with Crippen LogP contribution < -0.4 is 25.1 Å². The Labute approximate surface area is 157 Å². The van der Waals surface area contributed by atoms with Crippen molar-refractivity contribution in [1.29, 1.82) is 0 Å². The number of nitrogens with one attached hydrogen (secondary N) is 2. The maximum Gasteiger partial charge on any atom is 0.441 e. The van der Waals surface area contributed by atoms with Gasteiger partial charge in [0.1, 0.15) is 11.5 Å². The zero-order valence-electron chi connectivity index (χ0n) is 14.9. The Morgan fingerprint density at radius 1 is 1.11 bits per heavy atom. The van der Waals surface area contributed by atoms with Gasteiger partial charge in [-0.2, -0.15) is 0 Å². The number of carboxylic acids is 1. The first kappa shape index (κ1) is 18.7. The highest BCUT2D eigenvalue weighted by Gasteiger charge is 2.31. The van der Waals surface area contributed by atoms with E-state index >= 15 is 0 Å². The molecule has 0 aliphatic rings. The molecule has 1 amide bonds. The quantitative estimate of drug-likeness (QED) is 0.542. The van der Waals surface area contributed by atoms with Crippen LogP contribution in [0.15, 0.2) is 51.8 Å². The van der Waals surface area contributed by atoms with Crippen molar-refractivity contribution < 1.29 is 33.4 Å². The molecular formula is C18H16N3O7+. The van der Waals surface area contributed by atoms with E-state index < -0.39 is 17.5 Å². The van der Waals surface area contributed by atoms with Crippen molar-refractivity contribution in [3.05, 3.63) is 64.1 Å². The van der Waals surface area contributed by atoms with Crippen molar-refractivity contribution in [3.8, 4) is 17.2 Å². The highest BCUT2D eigenvalue weighted by atomic mass is 16.5. The summed E-state index contributed by atoms with van der Waals surface area (Å²) in [6, 6.07) is 10.5. The van der Waals surface area contributed by atoms with Gasteiger partial charge in [-0.3, -0.25) is 9.32 Å². The molecule has 0 radical (unpaired) electrons. The van der Waals surface area contributed by atoms with E-state index in [2.05, 4.69) is 10.6 Å². The van der Waals surface area contributed by atoms with Crippen LogP contribution in [0, 0.1) is 0 Å². The summed E-state index contributed by atoms with van der Waals surface area (Å²) in [5, 5.41) is 13.9. The smallest absolute Gasteiger partial charge is 0.441 e. The van der Waals surface area contributed by atoms with Crippen molar-refractivity contribution in [2.24, 2.45) is 0 Å². The molecule has 3 aromatic rings. The second-order valence-corrected chi connectivity index (χ2v) is 5.54. The highest BCUT2D eigenvalue weighted by Crippen LogP contribution is 2.26. The van der Waals surface area contributed by atoms with Gasteiger partial charge >= 0.3 is 23.2 Å². The lowest BCUT2D eigenvalue weighted by Gasteiger charge is -2.09. The van der Waals surface area contributed by atoms with E-state index in [1.54, 1.807) is 24.3 Å². The number of hydrogen-bond donors (Lipinski definition) is 3. The van der Waals surface area contributed by atoms with Crippen LogP contribution in [-0.4, -0.2) is 36.5 Å². The number of methoxy groups -OCH3 is 2. The van der Waals surface area contributed by atoms with Gasteiger partial charge in [0.15, 0.2) is 0 Å². The van der Waals surface area contributed by atoms with Gasteiger partial charge in [0.05, 0.1) is 25.5 Å². The third-order valence-electron chi connectivity index (χ3n) is 3.89. The van der Waals surface area contributed by atoms with Gasteiger partial charge in [0, 0.05) is 12.1 Å². The summed E-state index contributed by atoms with van der Waals surface area (Å²) < 4.78 is 16.1. The molecular weight excluding hydrogens is 370 g/mol. The van der Waals surface area contributed by atoms with Crippen LogP contribution in [-0.2, 0) is 0 Å². The number of benzene rings is 2. The van der Waals surface area contributed by atoms with Gasteiger partial charge < -0.3 is 19.9 Å². The monoisotopic (exact) mass is 386 g/mol. The lowest BCUT2D eigenvalue weighted by atomic mass is 10.2. The minimum Gasteiger partial charge on any atom is -0.497 e. The predicted molar refractivity (Wildman–Crippen MR) is 95.3 cm³/mol. The van der Waals surface area contributed by atoms with Crippen molar-refractivity contribution in [2.75, 3.05) is 19.5 Å². The molecule has 3 N–H and O–H groups in total. The number of anilines is 1. The lowest BCUT2D eigenvalue weighted by molar-refractivity contribution is -0.672. The molecule has 28 heavy (non-hydrogen) atoms. The van der Waals surface area contributed by atoms with E-state index in [4.69, 9.17) is 19.1 Å². The first-order valence-corrected chi connectivity index (χ1v) is 7.95. The Bertz CT molecular complexity index is 1080. The molecule has 0 aliphatic heterocycles. The molecule has 0 fully saturated rings. The number of H-pyrrole nitrogens is 1. The highest BCUT2D eigenvalue weighted by molar-refractivity contribution is 6.03. The molecule has 0 atom stereocenters. The topological polar surface area (TPSA) is 135 Å². The van der Waals surface area contributed by atoms with Crippen LogP contribution >= 0.6 is 0 Å². The number of carbonyl (C=O) groups excluding carboxylic acids is 1. The van der Waals surface area contributed by atoms with Crippen molar-refractivity contribution in [2.45, 2.75) is 0 Å². The Balaban J connectivity index is 1.94. The normalized spacial score (nSPS) is 10.4. The van der Waals surface area contributed by atoms with Gasteiger partial charge in [0.25, 0.3) is 0 Å². The zero-order valence-corrected chi connectivity index (χ0v) is 14.9. The van der Waals surface area contributed by atoms with Crippen molar-refractivity contribution >= 4 is 17.6 Å². The number of rotatable bonds is 6. The summed E-state index contributed by atoms with van der Waals surface area (Å²) in [7, 11) is 2.85. The minimum absolute atomic E-state index is 0.00990. The van der Waals surface area contributed by atoms with E-state index in [-0.39, 0.29) is 22.7 Å². The Hall–Kier alpha value is -4.08. The second-order valence-electron chi connectivity index (χ2n) is 5.54. The molecule has 2 aromatic carbocycles. The Kier molecular flexibility index (Phi) is 5.12. The predicted octanol–water partition coefficient (Wildman–Crippen LogP) is 1.21. The molecule has 0 bridgehead atoms. The molecule has 1 aromatic heterocycles. The maximum absolute atomic E-state index is 12.7. The summed E-state index contributed by atoms with van der Waals surface area (Å²) in [6.07, 6.45) is 0. The second kappa shape index (κ2) is 7.66. The molecule has 3 rings (SSSR count). The van der Waals surface area contributed by atoms with Gasteiger partial charge in [-0.1, -0.05) is 0 Å². The lowest BCUT2D eigenvalue weighted by Crippen LogP contribution is -2.42. The first-order valence-electron chi connectivity index (χ1n) is 7.95. The molecule has 0 saturated carbocycles. The average molecular weight is 386 g/mol. The number of nitrogens with zero attached hydrogens (tertiary/aromatic N) is 1. The Morgan fingerprint density at radius 3 is 2.43 bits per heavy atom. The zero-order chi connectivity index (χ0) is 20.3. The van der Waals surface area contributed by atoms with E-state index in [9.17, 15) is 14.4 Å². The number of carboxylic acid groups (broad SMARTS) is 1. The minimum atomic E-state index is -1.14. The number of aromatic carboxylic acids is 1. The molecule has 10 nitrogen and oxygen atoms in total. The number of aromatic amines is 1. The van der Waals surface area contributed by atoms with Crippen molar-refractivity contribution in [1.82, 2.24) is 5.27 Å². The molecule has 10 heteroatoms. The molecule has 0 unspecified atom stereocenters. The standard InChI is InChI=1S/C18H15N3O7/c1-26-12-6-4-11(5-7-12)21-15(18(25)28-20-21)16(22)19-13-8-3-10(17(23)24)9-14(13)27-2/h3-9H,1-2H3,(H2-,19,20,22,23,24,25)/p+1. The fourth-order valence-corrected chi connectivity index (χ4v) is 2.49.